The summed E-state index contributed by atoms with van der Waals surface area (Å²) in [5.41, 5.74) is 2.82. The van der Waals surface area contributed by atoms with E-state index in [4.69, 9.17) is 4.98 Å². The molecule has 19 heavy (non-hydrogen) atoms. The van der Waals surface area contributed by atoms with Crippen molar-refractivity contribution in [2.75, 3.05) is 0 Å². The van der Waals surface area contributed by atoms with E-state index in [1.807, 2.05) is 41.9 Å². The van der Waals surface area contributed by atoms with Crippen molar-refractivity contribution < 1.29 is 4.79 Å². The first-order valence-corrected chi connectivity index (χ1v) is 6.62. The highest BCUT2D eigenvalue weighted by Crippen LogP contribution is 2.36. The molecule has 0 saturated heterocycles. The number of carbonyl (C=O) groups excluding carboxylic acids is 1. The fraction of sp³-hybridized carbons (Fsp3) is 0.375. The highest BCUT2D eigenvalue weighted by Gasteiger charge is 2.35. The number of hydrogen-bond acceptors (Lipinski definition) is 2. The summed E-state index contributed by atoms with van der Waals surface area (Å²) >= 11 is 0. The molecule has 3 rings (SSSR count). The Labute approximate surface area is 113 Å². The summed E-state index contributed by atoms with van der Waals surface area (Å²) in [6.45, 7) is 4.26. The van der Waals surface area contributed by atoms with Crippen LogP contribution in [0.3, 0.4) is 0 Å². The Balaban J connectivity index is 2.15. The first-order valence-electron chi connectivity index (χ1n) is 6.62. The van der Waals surface area contributed by atoms with Crippen LogP contribution in [0.4, 0.5) is 0 Å². The molecule has 1 aromatic carbocycles. The van der Waals surface area contributed by atoms with E-state index in [-0.39, 0.29) is 11.2 Å². The molecule has 0 radical (unpaired) electrons. The second-order valence-corrected chi connectivity index (χ2v) is 6.10. The molecule has 3 nitrogen and oxygen atoms in total. The summed E-state index contributed by atoms with van der Waals surface area (Å²) in [4.78, 5) is 17.0. The van der Waals surface area contributed by atoms with Crippen molar-refractivity contribution in [2.45, 2.75) is 26.7 Å². The second kappa shape index (κ2) is 4.05. The maximum Gasteiger partial charge on any atom is 0.181 e. The summed E-state index contributed by atoms with van der Waals surface area (Å²) in [5.74, 6) is 1.10. The van der Waals surface area contributed by atoms with E-state index >= 15 is 0 Å². The molecule has 3 heteroatoms. The monoisotopic (exact) mass is 254 g/mol. The molecule has 0 N–H and O–H groups in total. The Bertz CT molecular complexity index is 638. The van der Waals surface area contributed by atoms with Gasteiger partial charge in [-0.25, -0.2) is 4.98 Å². The Morgan fingerprint density at radius 1 is 1.16 bits per heavy atom. The molecule has 0 aliphatic heterocycles. The maximum absolute atomic E-state index is 12.3. The summed E-state index contributed by atoms with van der Waals surface area (Å²) in [6, 6.07) is 10.0. The number of fused-ring (bicyclic) bond motifs is 1. The Hall–Kier alpha value is -1.90. The highest BCUT2D eigenvalue weighted by atomic mass is 16.1. The zero-order valence-corrected chi connectivity index (χ0v) is 11.6. The van der Waals surface area contributed by atoms with Gasteiger partial charge < -0.3 is 4.57 Å². The topological polar surface area (TPSA) is 34.9 Å². The molecule has 2 aromatic rings. The minimum atomic E-state index is 0.0202. The van der Waals surface area contributed by atoms with Crippen LogP contribution in [0.2, 0.25) is 0 Å². The molecule has 0 saturated carbocycles. The molecule has 0 bridgehead atoms. The van der Waals surface area contributed by atoms with Crippen LogP contribution in [0.25, 0.3) is 11.4 Å². The van der Waals surface area contributed by atoms with Gasteiger partial charge in [0, 0.05) is 19.0 Å². The van der Waals surface area contributed by atoms with Crippen LogP contribution >= 0.6 is 0 Å². The SMILES string of the molecule is Cn1c(-c2ccccc2)nc2c1C(=O)CC(C)(C)C2. The Morgan fingerprint density at radius 3 is 2.53 bits per heavy atom. The third-order valence-corrected chi connectivity index (χ3v) is 3.75. The van der Waals surface area contributed by atoms with Gasteiger partial charge in [0.1, 0.15) is 11.5 Å². The van der Waals surface area contributed by atoms with Crippen LogP contribution in [-0.2, 0) is 13.5 Å². The maximum atomic E-state index is 12.3. The van der Waals surface area contributed by atoms with Crippen LogP contribution < -0.4 is 0 Å². The van der Waals surface area contributed by atoms with Gasteiger partial charge in [-0.1, -0.05) is 44.2 Å². The smallest absolute Gasteiger partial charge is 0.181 e. The number of aromatic nitrogens is 2. The number of carbonyl (C=O) groups is 1. The molecule has 1 aliphatic carbocycles. The van der Waals surface area contributed by atoms with Crippen molar-refractivity contribution in [3.8, 4) is 11.4 Å². The van der Waals surface area contributed by atoms with E-state index in [0.717, 1.165) is 29.2 Å². The summed E-state index contributed by atoms with van der Waals surface area (Å²) < 4.78 is 1.95. The van der Waals surface area contributed by atoms with Gasteiger partial charge in [-0.3, -0.25) is 4.79 Å². The van der Waals surface area contributed by atoms with Crippen LogP contribution in [0.15, 0.2) is 30.3 Å². The highest BCUT2D eigenvalue weighted by molar-refractivity contribution is 5.98. The number of Topliss-reactive ketones (excluding diaryl/α,β-unsaturated/α-hetero) is 1. The third-order valence-electron chi connectivity index (χ3n) is 3.75. The zero-order chi connectivity index (χ0) is 13.6. The summed E-state index contributed by atoms with van der Waals surface area (Å²) in [5, 5.41) is 0. The minimum Gasteiger partial charge on any atom is -0.324 e. The molecule has 1 heterocycles. The van der Waals surface area contributed by atoms with Gasteiger partial charge >= 0.3 is 0 Å². The van der Waals surface area contributed by atoms with Crippen molar-refractivity contribution >= 4 is 5.78 Å². The molecule has 0 atom stereocenters. The lowest BCUT2D eigenvalue weighted by atomic mass is 9.77. The van der Waals surface area contributed by atoms with Crippen LogP contribution in [0, 0.1) is 5.41 Å². The van der Waals surface area contributed by atoms with Gasteiger partial charge in [0.15, 0.2) is 5.78 Å². The summed E-state index contributed by atoms with van der Waals surface area (Å²) in [6.07, 6.45) is 1.47. The lowest BCUT2D eigenvalue weighted by molar-refractivity contribution is 0.0902. The first kappa shape index (κ1) is 12.2. The second-order valence-electron chi connectivity index (χ2n) is 6.10. The molecule has 98 valence electrons. The summed E-state index contributed by atoms with van der Waals surface area (Å²) in [7, 11) is 1.93. The lowest BCUT2D eigenvalue weighted by Gasteiger charge is -2.27. The Kier molecular flexibility index (Phi) is 2.59. The standard InChI is InChI=1S/C16H18N2O/c1-16(2)9-12-14(13(19)10-16)18(3)15(17-12)11-7-5-4-6-8-11/h4-8H,9-10H2,1-3H3. The van der Waals surface area contributed by atoms with E-state index < -0.39 is 0 Å². The number of ketones is 1. The molecule has 0 unspecified atom stereocenters. The van der Waals surface area contributed by atoms with Gasteiger partial charge in [-0.15, -0.1) is 0 Å². The van der Waals surface area contributed by atoms with Gasteiger partial charge in [-0.05, 0) is 11.8 Å². The average molecular weight is 254 g/mol. The molecule has 1 aliphatic rings. The molecule has 0 spiro atoms. The Morgan fingerprint density at radius 2 is 1.84 bits per heavy atom. The molecular weight excluding hydrogens is 236 g/mol. The lowest BCUT2D eigenvalue weighted by Crippen LogP contribution is -2.28. The molecule has 1 aromatic heterocycles. The number of rotatable bonds is 1. The predicted octanol–water partition coefficient (Wildman–Crippen LogP) is 3.24. The van der Waals surface area contributed by atoms with Crippen molar-refractivity contribution in [1.29, 1.82) is 0 Å². The van der Waals surface area contributed by atoms with Crippen LogP contribution in [0.5, 0.6) is 0 Å². The van der Waals surface area contributed by atoms with Crippen molar-refractivity contribution in [2.24, 2.45) is 12.5 Å². The minimum absolute atomic E-state index is 0.0202. The van der Waals surface area contributed by atoms with E-state index in [0.29, 0.717) is 6.42 Å². The van der Waals surface area contributed by atoms with E-state index in [9.17, 15) is 4.79 Å². The van der Waals surface area contributed by atoms with Gasteiger partial charge in [-0.2, -0.15) is 0 Å². The molecule has 0 fully saturated rings. The fourth-order valence-electron chi connectivity index (χ4n) is 2.91. The average Bonchev–Trinajstić information content (AvgIpc) is 2.66. The van der Waals surface area contributed by atoms with E-state index in [1.54, 1.807) is 0 Å². The largest absolute Gasteiger partial charge is 0.324 e. The van der Waals surface area contributed by atoms with Crippen LogP contribution in [-0.4, -0.2) is 15.3 Å². The van der Waals surface area contributed by atoms with Crippen molar-refractivity contribution in [3.05, 3.63) is 41.7 Å². The quantitative estimate of drug-likeness (QED) is 0.783. The predicted molar refractivity (Wildman–Crippen MR) is 75.1 cm³/mol. The number of hydrogen-bond donors (Lipinski definition) is 0. The van der Waals surface area contributed by atoms with Crippen molar-refractivity contribution in [1.82, 2.24) is 9.55 Å². The van der Waals surface area contributed by atoms with Crippen molar-refractivity contribution in [3.63, 3.8) is 0 Å². The third kappa shape index (κ3) is 1.99. The number of imidazole rings is 1. The van der Waals surface area contributed by atoms with Gasteiger partial charge in [0.05, 0.1) is 5.69 Å². The molecule has 0 amide bonds. The number of benzene rings is 1. The number of nitrogens with zero attached hydrogens (tertiary/aromatic N) is 2. The molecular formula is C16H18N2O. The van der Waals surface area contributed by atoms with Gasteiger partial charge in [0.2, 0.25) is 0 Å². The first-order chi connectivity index (χ1) is 8.98. The van der Waals surface area contributed by atoms with Gasteiger partial charge in [0.25, 0.3) is 0 Å². The zero-order valence-electron chi connectivity index (χ0n) is 11.6. The normalized spacial score (nSPS) is 17.3. The fourth-order valence-corrected chi connectivity index (χ4v) is 2.91. The van der Waals surface area contributed by atoms with E-state index in [2.05, 4.69) is 13.8 Å². The van der Waals surface area contributed by atoms with E-state index in [1.165, 1.54) is 0 Å². The van der Waals surface area contributed by atoms with Crippen LogP contribution in [0.1, 0.15) is 36.5 Å².